The number of rotatable bonds is 6. The van der Waals surface area contributed by atoms with E-state index in [1.54, 1.807) is 37.3 Å². The van der Waals surface area contributed by atoms with E-state index >= 15 is 0 Å². The number of sulfonamides is 1. The Bertz CT molecular complexity index is 1160. The summed E-state index contributed by atoms with van der Waals surface area (Å²) in [5.41, 5.74) is 2.90. The van der Waals surface area contributed by atoms with Crippen molar-refractivity contribution in [1.82, 2.24) is 5.32 Å². The summed E-state index contributed by atoms with van der Waals surface area (Å²) < 4.78 is 28.4. The SMILES string of the molecule is Cc1ccccc1NS(=O)(=O)c1cc(C(=O)NCc2ccccc2Cl)ccc1C. The van der Waals surface area contributed by atoms with E-state index in [1.165, 1.54) is 6.07 Å². The van der Waals surface area contributed by atoms with Crippen LogP contribution in [0.4, 0.5) is 5.69 Å². The van der Waals surface area contributed by atoms with Crippen LogP contribution in [0.1, 0.15) is 27.0 Å². The fourth-order valence-electron chi connectivity index (χ4n) is 2.84. The van der Waals surface area contributed by atoms with Crippen molar-refractivity contribution in [3.63, 3.8) is 0 Å². The minimum absolute atomic E-state index is 0.0612. The van der Waals surface area contributed by atoms with Gasteiger partial charge in [0.15, 0.2) is 0 Å². The maximum Gasteiger partial charge on any atom is 0.262 e. The molecule has 0 saturated carbocycles. The summed E-state index contributed by atoms with van der Waals surface area (Å²) in [6, 6.07) is 18.9. The van der Waals surface area contributed by atoms with Crippen molar-refractivity contribution >= 4 is 33.2 Å². The Labute approximate surface area is 175 Å². The van der Waals surface area contributed by atoms with Crippen molar-refractivity contribution in [2.45, 2.75) is 25.3 Å². The lowest BCUT2D eigenvalue weighted by molar-refractivity contribution is 0.0950. The normalized spacial score (nSPS) is 11.1. The quantitative estimate of drug-likeness (QED) is 0.598. The number of para-hydroxylation sites is 1. The molecule has 3 aromatic carbocycles. The average Bonchev–Trinajstić information content (AvgIpc) is 2.69. The first-order valence-corrected chi connectivity index (χ1v) is 10.8. The smallest absolute Gasteiger partial charge is 0.262 e. The molecule has 0 atom stereocenters. The molecule has 0 fully saturated rings. The lowest BCUT2D eigenvalue weighted by Crippen LogP contribution is -2.24. The number of hydrogen-bond acceptors (Lipinski definition) is 3. The standard InChI is InChI=1S/C22H21ClN2O3S/c1-15-7-3-6-10-20(15)25-29(27,28)21-13-17(12-11-16(21)2)22(26)24-14-18-8-4-5-9-19(18)23/h3-13,25H,14H2,1-2H3,(H,24,26). The van der Waals surface area contributed by atoms with Crippen LogP contribution in [0.5, 0.6) is 0 Å². The predicted octanol–water partition coefficient (Wildman–Crippen LogP) is 4.69. The number of aryl methyl sites for hydroxylation is 2. The highest BCUT2D eigenvalue weighted by atomic mass is 35.5. The number of nitrogens with one attached hydrogen (secondary N) is 2. The highest BCUT2D eigenvalue weighted by molar-refractivity contribution is 7.92. The van der Waals surface area contributed by atoms with Crippen LogP contribution in [0.3, 0.4) is 0 Å². The van der Waals surface area contributed by atoms with E-state index in [4.69, 9.17) is 11.6 Å². The number of hydrogen-bond donors (Lipinski definition) is 2. The van der Waals surface area contributed by atoms with Crippen LogP contribution in [0, 0.1) is 13.8 Å². The molecule has 0 radical (unpaired) electrons. The van der Waals surface area contributed by atoms with Crippen LogP contribution in [-0.2, 0) is 16.6 Å². The van der Waals surface area contributed by atoms with Crippen molar-refractivity contribution in [2.75, 3.05) is 4.72 Å². The van der Waals surface area contributed by atoms with Crippen molar-refractivity contribution in [3.05, 3.63) is 94.0 Å². The number of carbonyl (C=O) groups excluding carboxylic acids is 1. The van der Waals surface area contributed by atoms with Crippen molar-refractivity contribution in [3.8, 4) is 0 Å². The van der Waals surface area contributed by atoms with Crippen LogP contribution in [0.2, 0.25) is 5.02 Å². The molecule has 29 heavy (non-hydrogen) atoms. The van der Waals surface area contributed by atoms with Crippen molar-refractivity contribution in [1.29, 1.82) is 0 Å². The van der Waals surface area contributed by atoms with Gasteiger partial charge in [0, 0.05) is 17.1 Å². The van der Waals surface area contributed by atoms with E-state index < -0.39 is 10.0 Å². The molecule has 0 aliphatic carbocycles. The monoisotopic (exact) mass is 428 g/mol. The highest BCUT2D eigenvalue weighted by Crippen LogP contribution is 2.23. The fraction of sp³-hybridized carbons (Fsp3) is 0.136. The summed E-state index contributed by atoms with van der Waals surface area (Å²) in [5, 5.41) is 3.33. The van der Waals surface area contributed by atoms with Gasteiger partial charge in [0.2, 0.25) is 0 Å². The molecule has 2 N–H and O–H groups in total. The summed E-state index contributed by atoms with van der Waals surface area (Å²) in [4.78, 5) is 12.6. The first kappa shape index (κ1) is 20.9. The molecular weight excluding hydrogens is 408 g/mol. The summed E-state index contributed by atoms with van der Waals surface area (Å²) in [6.07, 6.45) is 0. The molecule has 0 bridgehead atoms. The van der Waals surface area contributed by atoms with Crippen molar-refractivity contribution in [2.24, 2.45) is 0 Å². The highest BCUT2D eigenvalue weighted by Gasteiger charge is 2.20. The third-order valence-corrected chi connectivity index (χ3v) is 6.40. The number of halogens is 1. The van der Waals surface area contributed by atoms with Gasteiger partial charge in [-0.2, -0.15) is 0 Å². The minimum atomic E-state index is -3.85. The zero-order valence-electron chi connectivity index (χ0n) is 16.1. The van der Waals surface area contributed by atoms with E-state index in [0.29, 0.717) is 16.3 Å². The Morgan fingerprint density at radius 1 is 0.931 bits per heavy atom. The molecule has 3 aromatic rings. The minimum Gasteiger partial charge on any atom is -0.348 e. The molecule has 0 aliphatic heterocycles. The Hall–Kier alpha value is -2.83. The summed E-state index contributed by atoms with van der Waals surface area (Å²) in [6.45, 7) is 3.76. The molecule has 0 saturated heterocycles. The summed E-state index contributed by atoms with van der Waals surface area (Å²) in [5.74, 6) is -0.378. The van der Waals surface area contributed by atoms with Gasteiger partial charge in [-0.25, -0.2) is 8.42 Å². The van der Waals surface area contributed by atoms with Crippen molar-refractivity contribution < 1.29 is 13.2 Å². The first-order valence-electron chi connectivity index (χ1n) is 8.98. The molecule has 0 heterocycles. The first-order chi connectivity index (χ1) is 13.8. The van der Waals surface area contributed by atoms with Gasteiger partial charge in [0.05, 0.1) is 10.6 Å². The van der Waals surface area contributed by atoms with E-state index in [0.717, 1.165) is 11.1 Å². The Morgan fingerprint density at radius 2 is 1.62 bits per heavy atom. The zero-order chi connectivity index (χ0) is 21.0. The third-order valence-electron chi connectivity index (χ3n) is 4.53. The topological polar surface area (TPSA) is 75.3 Å². The number of carbonyl (C=O) groups is 1. The second-order valence-corrected chi connectivity index (χ2v) is 8.73. The molecule has 0 unspecified atom stereocenters. The van der Waals surface area contributed by atoms with Gasteiger partial charge in [0.1, 0.15) is 0 Å². The van der Waals surface area contributed by atoms with E-state index in [1.807, 2.05) is 37.3 Å². The van der Waals surface area contributed by atoms with Crippen LogP contribution < -0.4 is 10.0 Å². The van der Waals surface area contributed by atoms with Gasteiger partial charge in [-0.3, -0.25) is 9.52 Å². The number of anilines is 1. The largest absolute Gasteiger partial charge is 0.348 e. The lowest BCUT2D eigenvalue weighted by Gasteiger charge is -2.14. The maximum absolute atomic E-state index is 12.9. The van der Waals surface area contributed by atoms with E-state index in [-0.39, 0.29) is 22.9 Å². The van der Waals surface area contributed by atoms with Gasteiger partial charge in [0.25, 0.3) is 15.9 Å². The number of amides is 1. The summed E-state index contributed by atoms with van der Waals surface area (Å²) >= 11 is 6.11. The molecule has 5 nitrogen and oxygen atoms in total. The summed E-state index contributed by atoms with van der Waals surface area (Å²) in [7, 11) is -3.85. The van der Waals surface area contributed by atoms with E-state index in [2.05, 4.69) is 10.0 Å². The Balaban J connectivity index is 1.83. The number of benzene rings is 3. The van der Waals surface area contributed by atoms with Crippen LogP contribution >= 0.6 is 11.6 Å². The van der Waals surface area contributed by atoms with Gasteiger partial charge in [-0.1, -0.05) is 54.1 Å². The molecule has 0 aromatic heterocycles. The van der Waals surface area contributed by atoms with Gasteiger partial charge >= 0.3 is 0 Å². The Kier molecular flexibility index (Phi) is 6.25. The second-order valence-electron chi connectivity index (χ2n) is 6.67. The van der Waals surface area contributed by atoms with Crippen LogP contribution in [-0.4, -0.2) is 14.3 Å². The van der Waals surface area contributed by atoms with E-state index in [9.17, 15) is 13.2 Å². The van der Waals surface area contributed by atoms with Gasteiger partial charge in [-0.15, -0.1) is 0 Å². The van der Waals surface area contributed by atoms with Gasteiger partial charge < -0.3 is 5.32 Å². The molecular formula is C22H21ClN2O3S. The Morgan fingerprint density at radius 3 is 2.34 bits per heavy atom. The van der Waals surface area contributed by atoms with Crippen LogP contribution in [0.25, 0.3) is 0 Å². The fourth-order valence-corrected chi connectivity index (χ4v) is 4.44. The third kappa shape index (κ3) is 4.96. The maximum atomic E-state index is 12.9. The zero-order valence-corrected chi connectivity index (χ0v) is 17.6. The molecule has 0 spiro atoms. The van der Waals surface area contributed by atoms with Crippen LogP contribution in [0.15, 0.2) is 71.6 Å². The molecule has 3 rings (SSSR count). The molecule has 7 heteroatoms. The molecule has 0 aliphatic rings. The van der Waals surface area contributed by atoms with Gasteiger partial charge in [-0.05, 0) is 54.8 Å². The lowest BCUT2D eigenvalue weighted by atomic mass is 10.1. The molecule has 150 valence electrons. The average molecular weight is 429 g/mol. The molecule has 1 amide bonds. The second kappa shape index (κ2) is 8.68. The predicted molar refractivity (Wildman–Crippen MR) is 116 cm³/mol.